The van der Waals surface area contributed by atoms with Gasteiger partial charge in [-0.1, -0.05) is 45.9 Å². The molecule has 0 amide bonds. The lowest BCUT2D eigenvalue weighted by Crippen LogP contribution is -2.00. The van der Waals surface area contributed by atoms with Crippen LogP contribution in [-0.4, -0.2) is 0 Å². The van der Waals surface area contributed by atoms with Gasteiger partial charge in [0.1, 0.15) is 0 Å². The molecule has 0 nitrogen and oxygen atoms in total. The molecule has 0 saturated heterocycles. The van der Waals surface area contributed by atoms with Gasteiger partial charge in [-0.25, -0.2) is 0 Å². The summed E-state index contributed by atoms with van der Waals surface area (Å²) in [4.78, 5) is 0. The van der Waals surface area contributed by atoms with Crippen LogP contribution in [0.1, 0.15) is 44.4 Å². The minimum atomic E-state index is 1.14. The minimum Gasteiger partial charge on any atom is -0.0617 e. The molecule has 0 aliphatic carbocycles. The highest BCUT2D eigenvalue weighted by Gasteiger charge is 2.07. The molecule has 0 saturated carbocycles. The Morgan fingerprint density at radius 2 is 1.77 bits per heavy atom. The largest absolute Gasteiger partial charge is 0.0617 e. The highest BCUT2D eigenvalue weighted by atomic mass is 14.1. The molecule has 0 atom stereocenters. The van der Waals surface area contributed by atoms with Crippen molar-refractivity contribution in [3.63, 3.8) is 0 Å². The summed E-state index contributed by atoms with van der Waals surface area (Å²) in [7, 11) is 0. The summed E-state index contributed by atoms with van der Waals surface area (Å²) in [6.45, 7) is 8.84. The van der Waals surface area contributed by atoms with Crippen LogP contribution in [0, 0.1) is 5.92 Å². The zero-order valence-electron chi connectivity index (χ0n) is 9.15. The second-order valence-electron chi connectivity index (χ2n) is 3.65. The van der Waals surface area contributed by atoms with Gasteiger partial charge in [-0.3, -0.25) is 0 Å². The van der Waals surface area contributed by atoms with E-state index in [9.17, 15) is 0 Å². The SMILES string of the molecule is CCc1cccc([C](C)C)c1CC. The van der Waals surface area contributed by atoms with Crippen LogP contribution >= 0.6 is 0 Å². The van der Waals surface area contributed by atoms with Gasteiger partial charge in [0.2, 0.25) is 0 Å². The Hall–Kier alpha value is -0.780. The normalized spacial score (nSPS) is 10.8. The van der Waals surface area contributed by atoms with Crippen molar-refractivity contribution in [2.24, 2.45) is 0 Å². The molecule has 71 valence electrons. The number of aryl methyl sites for hydroxylation is 1. The van der Waals surface area contributed by atoms with E-state index in [0.29, 0.717) is 0 Å². The van der Waals surface area contributed by atoms with E-state index in [0.717, 1.165) is 12.8 Å². The third-order valence-electron chi connectivity index (χ3n) is 2.55. The predicted molar refractivity (Wildman–Crippen MR) is 58.9 cm³/mol. The lowest BCUT2D eigenvalue weighted by Gasteiger charge is -2.14. The minimum absolute atomic E-state index is 1.14. The van der Waals surface area contributed by atoms with Crippen molar-refractivity contribution in [1.29, 1.82) is 0 Å². The molecule has 1 aromatic carbocycles. The van der Waals surface area contributed by atoms with Gasteiger partial charge < -0.3 is 0 Å². The maximum atomic E-state index is 2.24. The Labute approximate surface area is 82.0 Å². The fraction of sp³-hybridized carbons (Fsp3) is 0.462. The van der Waals surface area contributed by atoms with Gasteiger partial charge in [0.25, 0.3) is 0 Å². The highest BCUT2D eigenvalue weighted by molar-refractivity contribution is 5.42. The Morgan fingerprint density at radius 3 is 2.23 bits per heavy atom. The first-order valence-electron chi connectivity index (χ1n) is 5.12. The number of benzene rings is 1. The molecule has 0 aliphatic rings. The first kappa shape index (κ1) is 10.3. The number of rotatable bonds is 3. The van der Waals surface area contributed by atoms with E-state index >= 15 is 0 Å². The number of hydrogen-bond acceptors (Lipinski definition) is 0. The van der Waals surface area contributed by atoms with Gasteiger partial charge in [-0.2, -0.15) is 0 Å². The average Bonchev–Trinajstić information content (AvgIpc) is 2.16. The summed E-state index contributed by atoms with van der Waals surface area (Å²) in [5.41, 5.74) is 4.48. The monoisotopic (exact) mass is 175 g/mol. The van der Waals surface area contributed by atoms with Crippen LogP contribution in [0.2, 0.25) is 0 Å². The third-order valence-corrected chi connectivity index (χ3v) is 2.55. The van der Waals surface area contributed by atoms with E-state index in [4.69, 9.17) is 0 Å². The molecule has 0 aliphatic heterocycles. The smallest absolute Gasteiger partial charge is 0.000912 e. The molecular weight excluding hydrogens is 156 g/mol. The van der Waals surface area contributed by atoms with Crippen molar-refractivity contribution in [1.82, 2.24) is 0 Å². The summed E-state index contributed by atoms with van der Waals surface area (Å²) in [6.07, 6.45) is 2.29. The standard InChI is InChI=1S/C13H19/c1-5-11-8-7-9-13(10(3)4)12(11)6-2/h7-9H,5-6H2,1-4H3. The van der Waals surface area contributed by atoms with E-state index < -0.39 is 0 Å². The van der Waals surface area contributed by atoms with Crippen molar-refractivity contribution < 1.29 is 0 Å². The van der Waals surface area contributed by atoms with E-state index in [-0.39, 0.29) is 0 Å². The second-order valence-corrected chi connectivity index (χ2v) is 3.65. The van der Waals surface area contributed by atoms with Crippen LogP contribution in [-0.2, 0) is 12.8 Å². The summed E-state index contributed by atoms with van der Waals surface area (Å²) in [5, 5.41) is 0. The van der Waals surface area contributed by atoms with E-state index in [2.05, 4.69) is 45.9 Å². The summed E-state index contributed by atoms with van der Waals surface area (Å²) in [6, 6.07) is 6.64. The Bertz CT molecular complexity index is 271. The molecule has 0 unspecified atom stereocenters. The Kier molecular flexibility index (Phi) is 3.53. The molecule has 0 bridgehead atoms. The predicted octanol–water partition coefficient (Wildman–Crippen LogP) is 3.77. The molecule has 13 heavy (non-hydrogen) atoms. The van der Waals surface area contributed by atoms with Gasteiger partial charge in [0.05, 0.1) is 0 Å². The van der Waals surface area contributed by atoms with E-state index in [1.807, 2.05) is 0 Å². The molecule has 0 heterocycles. The van der Waals surface area contributed by atoms with Crippen LogP contribution in [0.15, 0.2) is 18.2 Å². The van der Waals surface area contributed by atoms with Crippen molar-refractivity contribution in [2.45, 2.75) is 40.5 Å². The lowest BCUT2D eigenvalue weighted by atomic mass is 9.91. The molecule has 0 spiro atoms. The molecule has 1 aromatic rings. The van der Waals surface area contributed by atoms with E-state index in [1.54, 1.807) is 0 Å². The van der Waals surface area contributed by atoms with Crippen LogP contribution in [0.4, 0.5) is 0 Å². The van der Waals surface area contributed by atoms with Gasteiger partial charge >= 0.3 is 0 Å². The van der Waals surface area contributed by atoms with E-state index in [1.165, 1.54) is 22.6 Å². The Morgan fingerprint density at radius 1 is 1.08 bits per heavy atom. The summed E-state index contributed by atoms with van der Waals surface area (Å²) in [5.74, 6) is 1.42. The molecule has 1 rings (SSSR count). The third kappa shape index (κ3) is 2.12. The maximum Gasteiger partial charge on any atom is -0.000912 e. The average molecular weight is 175 g/mol. The zero-order chi connectivity index (χ0) is 9.84. The molecule has 1 radical (unpaired) electrons. The van der Waals surface area contributed by atoms with Gasteiger partial charge in [-0.05, 0) is 35.4 Å². The first-order valence-corrected chi connectivity index (χ1v) is 5.12. The van der Waals surface area contributed by atoms with Gasteiger partial charge in [0.15, 0.2) is 0 Å². The van der Waals surface area contributed by atoms with Crippen molar-refractivity contribution in [3.05, 3.63) is 40.8 Å². The van der Waals surface area contributed by atoms with Crippen molar-refractivity contribution in [2.75, 3.05) is 0 Å². The fourth-order valence-corrected chi connectivity index (χ4v) is 1.85. The first-order chi connectivity index (χ1) is 6.20. The summed E-state index contributed by atoms with van der Waals surface area (Å²) < 4.78 is 0. The van der Waals surface area contributed by atoms with Crippen molar-refractivity contribution in [3.8, 4) is 0 Å². The molecular formula is C13H19. The van der Waals surface area contributed by atoms with Crippen LogP contribution in [0.3, 0.4) is 0 Å². The van der Waals surface area contributed by atoms with Crippen LogP contribution in [0.5, 0.6) is 0 Å². The lowest BCUT2D eigenvalue weighted by molar-refractivity contribution is 0.992. The molecule has 0 N–H and O–H groups in total. The fourth-order valence-electron chi connectivity index (χ4n) is 1.85. The maximum absolute atomic E-state index is 2.24. The van der Waals surface area contributed by atoms with Gasteiger partial charge in [-0.15, -0.1) is 0 Å². The summed E-state index contributed by atoms with van der Waals surface area (Å²) >= 11 is 0. The Balaban J connectivity index is 3.19. The molecule has 0 fully saturated rings. The quantitative estimate of drug-likeness (QED) is 0.656. The zero-order valence-corrected chi connectivity index (χ0v) is 9.15. The van der Waals surface area contributed by atoms with Crippen LogP contribution < -0.4 is 0 Å². The van der Waals surface area contributed by atoms with Crippen LogP contribution in [0.25, 0.3) is 0 Å². The second kappa shape index (κ2) is 4.45. The molecule has 0 aromatic heterocycles. The topological polar surface area (TPSA) is 0 Å². The molecule has 0 heteroatoms. The van der Waals surface area contributed by atoms with Crippen molar-refractivity contribution >= 4 is 0 Å². The number of hydrogen-bond donors (Lipinski definition) is 0. The highest BCUT2D eigenvalue weighted by Crippen LogP contribution is 2.22. The van der Waals surface area contributed by atoms with Gasteiger partial charge in [0, 0.05) is 0 Å².